The first-order valence-electron chi connectivity index (χ1n) is 5.58. The monoisotopic (exact) mass is 217 g/mol. The van der Waals surface area contributed by atoms with Gasteiger partial charge in [0.05, 0.1) is 7.11 Å². The van der Waals surface area contributed by atoms with Crippen molar-refractivity contribution in [2.24, 2.45) is 5.73 Å². The molecule has 0 aliphatic carbocycles. The minimum Gasteiger partial charge on any atom is -0.497 e. The molecule has 2 heteroatoms. The molecule has 0 radical (unpaired) electrons. The molecule has 0 saturated carbocycles. The Hall–Kier alpha value is -1.46. The molecule has 1 aromatic rings. The number of hydrogen-bond donors (Lipinski definition) is 1. The first-order chi connectivity index (χ1) is 7.76. The molecule has 1 unspecified atom stereocenters. The lowest BCUT2D eigenvalue weighted by atomic mass is 10.0. The molecule has 1 atom stereocenters. The SMILES string of the molecule is C#CCCCC(N)Cc1ccc(OC)cc1. The molecule has 0 aliphatic rings. The van der Waals surface area contributed by atoms with Gasteiger partial charge in [-0.15, -0.1) is 12.3 Å². The Kier molecular flexibility index (Phi) is 5.45. The van der Waals surface area contributed by atoms with Gasteiger partial charge in [-0.3, -0.25) is 0 Å². The van der Waals surface area contributed by atoms with Gasteiger partial charge in [0.15, 0.2) is 0 Å². The molecule has 16 heavy (non-hydrogen) atoms. The number of rotatable bonds is 6. The number of nitrogens with two attached hydrogens (primary N) is 1. The van der Waals surface area contributed by atoms with Crippen LogP contribution in [0.2, 0.25) is 0 Å². The van der Waals surface area contributed by atoms with E-state index < -0.39 is 0 Å². The summed E-state index contributed by atoms with van der Waals surface area (Å²) in [5.41, 5.74) is 7.26. The van der Waals surface area contributed by atoms with Crippen LogP contribution in [0.4, 0.5) is 0 Å². The lowest BCUT2D eigenvalue weighted by Gasteiger charge is -2.11. The van der Waals surface area contributed by atoms with Gasteiger partial charge in [-0.25, -0.2) is 0 Å². The fourth-order valence-corrected chi connectivity index (χ4v) is 1.63. The minimum atomic E-state index is 0.196. The second-order valence-electron chi connectivity index (χ2n) is 3.91. The maximum Gasteiger partial charge on any atom is 0.118 e. The number of terminal acetylenes is 1. The van der Waals surface area contributed by atoms with E-state index in [-0.39, 0.29) is 6.04 Å². The molecule has 0 saturated heterocycles. The molecule has 2 N–H and O–H groups in total. The number of benzene rings is 1. The van der Waals surface area contributed by atoms with Crippen LogP contribution in [0.5, 0.6) is 5.75 Å². The molecule has 0 bridgehead atoms. The Labute approximate surface area is 97.8 Å². The van der Waals surface area contributed by atoms with E-state index in [0.717, 1.165) is 31.4 Å². The van der Waals surface area contributed by atoms with Crippen molar-refractivity contribution in [3.8, 4) is 18.1 Å². The van der Waals surface area contributed by atoms with Crippen LogP contribution in [0.15, 0.2) is 24.3 Å². The van der Waals surface area contributed by atoms with Crippen LogP contribution in [0.1, 0.15) is 24.8 Å². The summed E-state index contributed by atoms with van der Waals surface area (Å²) in [6, 6.07) is 8.23. The lowest BCUT2D eigenvalue weighted by molar-refractivity contribution is 0.414. The molecule has 0 aromatic heterocycles. The van der Waals surface area contributed by atoms with Crippen LogP contribution in [-0.4, -0.2) is 13.2 Å². The summed E-state index contributed by atoms with van der Waals surface area (Å²) in [5.74, 6) is 3.51. The summed E-state index contributed by atoms with van der Waals surface area (Å²) in [7, 11) is 1.67. The molecular weight excluding hydrogens is 198 g/mol. The summed E-state index contributed by atoms with van der Waals surface area (Å²) < 4.78 is 5.10. The average Bonchev–Trinajstić information content (AvgIpc) is 2.30. The zero-order valence-electron chi connectivity index (χ0n) is 9.78. The minimum absolute atomic E-state index is 0.196. The van der Waals surface area contributed by atoms with Gasteiger partial charge in [0.2, 0.25) is 0 Å². The number of hydrogen-bond acceptors (Lipinski definition) is 2. The summed E-state index contributed by atoms with van der Waals surface area (Å²) in [4.78, 5) is 0. The van der Waals surface area contributed by atoms with Crippen molar-refractivity contribution in [2.75, 3.05) is 7.11 Å². The van der Waals surface area contributed by atoms with Gasteiger partial charge in [-0.05, 0) is 37.0 Å². The number of ether oxygens (including phenoxy) is 1. The smallest absolute Gasteiger partial charge is 0.118 e. The summed E-state index contributed by atoms with van der Waals surface area (Å²) >= 11 is 0. The third-order valence-electron chi connectivity index (χ3n) is 2.55. The van der Waals surface area contributed by atoms with E-state index in [1.807, 2.05) is 12.1 Å². The fourth-order valence-electron chi connectivity index (χ4n) is 1.63. The van der Waals surface area contributed by atoms with E-state index in [4.69, 9.17) is 16.9 Å². The lowest BCUT2D eigenvalue weighted by Crippen LogP contribution is -2.22. The van der Waals surface area contributed by atoms with Crippen LogP contribution in [0.3, 0.4) is 0 Å². The predicted molar refractivity (Wildman–Crippen MR) is 67.4 cm³/mol. The van der Waals surface area contributed by atoms with E-state index in [2.05, 4.69) is 18.1 Å². The molecule has 2 nitrogen and oxygen atoms in total. The highest BCUT2D eigenvalue weighted by atomic mass is 16.5. The first kappa shape index (κ1) is 12.6. The Morgan fingerprint density at radius 3 is 2.62 bits per heavy atom. The zero-order valence-corrected chi connectivity index (χ0v) is 9.78. The third kappa shape index (κ3) is 4.37. The standard InChI is InChI=1S/C14H19NO/c1-3-4-5-6-13(15)11-12-7-9-14(16-2)10-8-12/h1,7-10,13H,4-6,11,15H2,2H3. The number of methoxy groups -OCH3 is 1. The molecule has 1 rings (SSSR count). The van der Waals surface area contributed by atoms with Crippen LogP contribution < -0.4 is 10.5 Å². The van der Waals surface area contributed by atoms with Crippen LogP contribution in [0, 0.1) is 12.3 Å². The molecule has 0 fully saturated rings. The summed E-state index contributed by atoms with van der Waals surface area (Å²) in [6.45, 7) is 0. The van der Waals surface area contributed by atoms with Gasteiger partial charge in [0.1, 0.15) is 5.75 Å². The summed E-state index contributed by atoms with van der Waals surface area (Å²) in [5, 5.41) is 0. The van der Waals surface area contributed by atoms with Gasteiger partial charge in [-0.1, -0.05) is 12.1 Å². The van der Waals surface area contributed by atoms with Gasteiger partial charge in [-0.2, -0.15) is 0 Å². The van der Waals surface area contributed by atoms with Crippen molar-refractivity contribution < 1.29 is 4.74 Å². The molecule has 0 heterocycles. The van der Waals surface area contributed by atoms with Gasteiger partial charge in [0.25, 0.3) is 0 Å². The Bertz CT molecular complexity index is 337. The highest BCUT2D eigenvalue weighted by Crippen LogP contribution is 2.13. The third-order valence-corrected chi connectivity index (χ3v) is 2.55. The van der Waals surface area contributed by atoms with Crippen molar-refractivity contribution >= 4 is 0 Å². The van der Waals surface area contributed by atoms with Crippen molar-refractivity contribution in [1.29, 1.82) is 0 Å². The van der Waals surface area contributed by atoms with Crippen LogP contribution in [-0.2, 0) is 6.42 Å². The zero-order chi connectivity index (χ0) is 11.8. The second-order valence-corrected chi connectivity index (χ2v) is 3.91. The maximum absolute atomic E-state index is 6.02. The fraction of sp³-hybridized carbons (Fsp3) is 0.429. The topological polar surface area (TPSA) is 35.2 Å². The summed E-state index contributed by atoms with van der Waals surface area (Å²) in [6.07, 6.45) is 8.90. The molecule has 0 aliphatic heterocycles. The van der Waals surface area contributed by atoms with E-state index >= 15 is 0 Å². The molecule has 86 valence electrons. The Morgan fingerprint density at radius 2 is 2.06 bits per heavy atom. The van der Waals surface area contributed by atoms with Crippen molar-refractivity contribution in [2.45, 2.75) is 31.7 Å². The van der Waals surface area contributed by atoms with Gasteiger partial charge < -0.3 is 10.5 Å². The highest BCUT2D eigenvalue weighted by Gasteiger charge is 2.03. The molecule has 0 spiro atoms. The molecule has 1 aromatic carbocycles. The van der Waals surface area contributed by atoms with Gasteiger partial charge >= 0.3 is 0 Å². The number of unbranched alkanes of at least 4 members (excludes halogenated alkanes) is 1. The maximum atomic E-state index is 6.02. The molecule has 0 amide bonds. The van der Waals surface area contributed by atoms with Crippen LogP contribution in [0.25, 0.3) is 0 Å². The Balaban J connectivity index is 2.37. The van der Waals surface area contributed by atoms with Crippen LogP contribution >= 0.6 is 0 Å². The molecular formula is C14H19NO. The average molecular weight is 217 g/mol. The van der Waals surface area contributed by atoms with Crippen molar-refractivity contribution in [1.82, 2.24) is 0 Å². The van der Waals surface area contributed by atoms with E-state index in [1.54, 1.807) is 7.11 Å². The van der Waals surface area contributed by atoms with E-state index in [0.29, 0.717) is 0 Å². The van der Waals surface area contributed by atoms with E-state index in [1.165, 1.54) is 5.56 Å². The second kappa shape index (κ2) is 6.92. The Morgan fingerprint density at radius 1 is 1.38 bits per heavy atom. The van der Waals surface area contributed by atoms with Crippen molar-refractivity contribution in [3.63, 3.8) is 0 Å². The normalized spacial score (nSPS) is 11.8. The quantitative estimate of drug-likeness (QED) is 0.586. The van der Waals surface area contributed by atoms with E-state index in [9.17, 15) is 0 Å². The van der Waals surface area contributed by atoms with Crippen molar-refractivity contribution in [3.05, 3.63) is 29.8 Å². The highest BCUT2D eigenvalue weighted by molar-refractivity contribution is 5.27. The largest absolute Gasteiger partial charge is 0.497 e. The predicted octanol–water partition coefficient (Wildman–Crippen LogP) is 2.37. The van der Waals surface area contributed by atoms with Gasteiger partial charge in [0, 0.05) is 12.5 Å². The first-order valence-corrected chi connectivity index (χ1v) is 5.58.